The normalized spacial score (nSPS) is 18.5. The first-order valence-electron chi connectivity index (χ1n) is 8.50. The number of amides is 1. The van der Waals surface area contributed by atoms with E-state index in [4.69, 9.17) is 0 Å². The van der Waals surface area contributed by atoms with Gasteiger partial charge >= 0.3 is 0 Å². The van der Waals surface area contributed by atoms with E-state index in [-0.39, 0.29) is 17.6 Å². The molecule has 6 nitrogen and oxygen atoms in total. The zero-order valence-electron chi connectivity index (χ0n) is 14.8. The van der Waals surface area contributed by atoms with E-state index in [1.165, 1.54) is 17.8 Å². The summed E-state index contributed by atoms with van der Waals surface area (Å²) in [5.41, 5.74) is 5.58. The minimum atomic E-state index is -0.539. The van der Waals surface area contributed by atoms with Crippen molar-refractivity contribution in [1.29, 1.82) is 0 Å². The van der Waals surface area contributed by atoms with E-state index in [0.717, 1.165) is 11.1 Å². The van der Waals surface area contributed by atoms with E-state index in [1.54, 1.807) is 22.9 Å². The third kappa shape index (κ3) is 3.40. The molecule has 0 radical (unpaired) electrons. The molecular formula is C19H18FN5OS. The minimum Gasteiger partial charge on any atom is -0.323 e. The van der Waals surface area contributed by atoms with Gasteiger partial charge in [0, 0.05) is 0 Å². The van der Waals surface area contributed by atoms with E-state index in [2.05, 4.69) is 20.9 Å². The van der Waals surface area contributed by atoms with Gasteiger partial charge in [-0.2, -0.15) is 0 Å². The molecule has 0 saturated heterocycles. The third-order valence-electron chi connectivity index (χ3n) is 4.43. The molecule has 2 heterocycles. The molecule has 2 N–H and O–H groups in total. The smallest absolute Gasteiger partial charge is 0.240 e. The van der Waals surface area contributed by atoms with Gasteiger partial charge in [-0.1, -0.05) is 53.7 Å². The van der Waals surface area contributed by atoms with Crippen LogP contribution in [0.4, 0.5) is 10.1 Å². The number of carbonyl (C=O) groups is 1. The molecule has 2 unspecified atom stereocenters. The molecule has 8 heteroatoms. The van der Waals surface area contributed by atoms with Crippen molar-refractivity contribution in [2.45, 2.75) is 30.3 Å². The summed E-state index contributed by atoms with van der Waals surface area (Å²) in [6.07, 6.45) is 0. The fourth-order valence-electron chi connectivity index (χ4n) is 2.95. The summed E-state index contributed by atoms with van der Waals surface area (Å²) in [5, 5.41) is 10.9. The van der Waals surface area contributed by atoms with Gasteiger partial charge in [0.05, 0.1) is 11.7 Å². The first kappa shape index (κ1) is 17.5. The quantitative estimate of drug-likeness (QED) is 0.725. The summed E-state index contributed by atoms with van der Waals surface area (Å²) in [6.45, 7) is 3.85. The molecule has 0 saturated carbocycles. The number of halogens is 1. The second-order valence-corrected chi connectivity index (χ2v) is 7.50. The van der Waals surface area contributed by atoms with Crippen LogP contribution in [0, 0.1) is 19.7 Å². The number of hydrogen-bond acceptors (Lipinski definition) is 5. The van der Waals surface area contributed by atoms with E-state index >= 15 is 0 Å². The van der Waals surface area contributed by atoms with Gasteiger partial charge in [0.25, 0.3) is 0 Å². The number of carbonyl (C=O) groups excluding carboxylic acids is 1. The van der Waals surface area contributed by atoms with Crippen molar-refractivity contribution >= 4 is 23.4 Å². The van der Waals surface area contributed by atoms with Crippen LogP contribution in [0.25, 0.3) is 0 Å². The van der Waals surface area contributed by atoms with Gasteiger partial charge in [-0.25, -0.2) is 9.07 Å². The fraction of sp³-hybridized carbons (Fsp3) is 0.211. The highest BCUT2D eigenvalue weighted by molar-refractivity contribution is 8.00. The highest BCUT2D eigenvalue weighted by Crippen LogP contribution is 2.37. The van der Waals surface area contributed by atoms with Crippen molar-refractivity contribution < 1.29 is 9.18 Å². The third-order valence-corrected chi connectivity index (χ3v) is 5.64. The maximum absolute atomic E-state index is 14.0. The Labute approximate surface area is 160 Å². The molecule has 27 heavy (non-hydrogen) atoms. The van der Waals surface area contributed by atoms with Crippen molar-refractivity contribution in [2.75, 3.05) is 10.7 Å². The van der Waals surface area contributed by atoms with Crippen LogP contribution in [0.15, 0.2) is 53.7 Å². The SMILES string of the molecule is Cc1ccc(C2Nn3c(C)nnc3SC2C(=O)Nc2ccccc2F)cc1. The summed E-state index contributed by atoms with van der Waals surface area (Å²) in [6, 6.07) is 13.8. The molecule has 1 aliphatic rings. The van der Waals surface area contributed by atoms with Gasteiger partial charge in [0.1, 0.15) is 16.9 Å². The zero-order chi connectivity index (χ0) is 19.0. The number of thioether (sulfide) groups is 1. The Morgan fingerprint density at radius 1 is 1.15 bits per heavy atom. The molecule has 2 atom stereocenters. The summed E-state index contributed by atoms with van der Waals surface area (Å²) >= 11 is 1.31. The largest absolute Gasteiger partial charge is 0.323 e. The number of nitrogens with one attached hydrogen (secondary N) is 2. The van der Waals surface area contributed by atoms with Gasteiger partial charge in [-0.3, -0.25) is 4.79 Å². The van der Waals surface area contributed by atoms with Crippen LogP contribution >= 0.6 is 11.8 Å². The van der Waals surface area contributed by atoms with Crippen molar-refractivity contribution in [3.05, 3.63) is 71.3 Å². The summed E-state index contributed by atoms with van der Waals surface area (Å²) in [4.78, 5) is 13.0. The Kier molecular flexibility index (Phi) is 4.57. The molecule has 3 aromatic rings. The molecule has 4 rings (SSSR count). The number of rotatable bonds is 3. The minimum absolute atomic E-state index is 0.161. The monoisotopic (exact) mass is 383 g/mol. The second kappa shape index (κ2) is 7.03. The number of aryl methyl sites for hydroxylation is 2. The Bertz CT molecular complexity index is 988. The molecule has 138 valence electrons. The van der Waals surface area contributed by atoms with E-state index in [9.17, 15) is 9.18 Å². The van der Waals surface area contributed by atoms with Crippen molar-refractivity contribution in [2.24, 2.45) is 0 Å². The van der Waals surface area contributed by atoms with E-state index in [1.807, 2.05) is 38.1 Å². The van der Waals surface area contributed by atoms with Crippen LogP contribution in [0.2, 0.25) is 0 Å². The Morgan fingerprint density at radius 2 is 1.89 bits per heavy atom. The number of para-hydroxylation sites is 1. The number of nitrogens with zero attached hydrogens (tertiary/aromatic N) is 3. The lowest BCUT2D eigenvalue weighted by molar-refractivity contribution is -0.116. The van der Waals surface area contributed by atoms with Gasteiger partial charge in [-0.05, 0) is 31.5 Å². The van der Waals surface area contributed by atoms with Crippen LogP contribution in [0.3, 0.4) is 0 Å². The lowest BCUT2D eigenvalue weighted by Crippen LogP contribution is -2.41. The Balaban J connectivity index is 1.68. The zero-order valence-corrected chi connectivity index (χ0v) is 15.6. The molecule has 0 spiro atoms. The summed E-state index contributed by atoms with van der Waals surface area (Å²) < 4.78 is 15.7. The van der Waals surface area contributed by atoms with Crippen molar-refractivity contribution in [1.82, 2.24) is 14.9 Å². The number of hydrogen-bond donors (Lipinski definition) is 2. The number of aromatic nitrogens is 3. The van der Waals surface area contributed by atoms with Crippen LogP contribution in [0.1, 0.15) is 23.0 Å². The fourth-order valence-corrected chi connectivity index (χ4v) is 4.08. The van der Waals surface area contributed by atoms with Crippen LogP contribution in [-0.4, -0.2) is 26.0 Å². The average molecular weight is 383 g/mol. The van der Waals surface area contributed by atoms with Crippen LogP contribution in [0.5, 0.6) is 0 Å². The first-order chi connectivity index (χ1) is 13.0. The lowest BCUT2D eigenvalue weighted by Gasteiger charge is -2.32. The van der Waals surface area contributed by atoms with E-state index in [0.29, 0.717) is 11.0 Å². The predicted octanol–water partition coefficient (Wildman–Crippen LogP) is 3.43. The Morgan fingerprint density at radius 3 is 2.63 bits per heavy atom. The molecule has 1 aromatic heterocycles. The van der Waals surface area contributed by atoms with Crippen LogP contribution in [-0.2, 0) is 4.79 Å². The average Bonchev–Trinajstić information content (AvgIpc) is 3.03. The molecule has 0 bridgehead atoms. The molecule has 1 amide bonds. The number of benzene rings is 2. The van der Waals surface area contributed by atoms with Gasteiger partial charge in [0.2, 0.25) is 11.1 Å². The number of anilines is 1. The number of fused-ring (bicyclic) bond motifs is 1. The topological polar surface area (TPSA) is 71.8 Å². The van der Waals surface area contributed by atoms with Gasteiger partial charge in [-0.15, -0.1) is 10.2 Å². The summed E-state index contributed by atoms with van der Waals surface area (Å²) in [7, 11) is 0. The maximum Gasteiger partial charge on any atom is 0.240 e. The van der Waals surface area contributed by atoms with E-state index < -0.39 is 11.1 Å². The van der Waals surface area contributed by atoms with Gasteiger partial charge < -0.3 is 10.7 Å². The lowest BCUT2D eigenvalue weighted by atomic mass is 10.0. The molecular weight excluding hydrogens is 365 g/mol. The molecule has 0 fully saturated rings. The molecule has 0 aliphatic carbocycles. The molecule has 1 aliphatic heterocycles. The maximum atomic E-state index is 14.0. The second-order valence-electron chi connectivity index (χ2n) is 6.39. The highest BCUT2D eigenvalue weighted by atomic mass is 32.2. The Hall–Kier alpha value is -2.87. The van der Waals surface area contributed by atoms with Gasteiger partial charge in [0.15, 0.2) is 0 Å². The van der Waals surface area contributed by atoms with Crippen molar-refractivity contribution in [3.8, 4) is 0 Å². The highest BCUT2D eigenvalue weighted by Gasteiger charge is 2.37. The standard InChI is InChI=1S/C19H18FN5OS/c1-11-7-9-13(10-8-11)16-17(27-19-23-22-12(2)25(19)24-16)18(26)21-15-6-4-3-5-14(15)20/h3-10,16-17,24H,1-2H3,(H,21,26). The van der Waals surface area contributed by atoms with Crippen LogP contribution < -0.4 is 10.7 Å². The molecule has 2 aromatic carbocycles. The first-order valence-corrected chi connectivity index (χ1v) is 9.38. The van der Waals surface area contributed by atoms with Crippen molar-refractivity contribution in [3.63, 3.8) is 0 Å². The predicted molar refractivity (Wildman–Crippen MR) is 103 cm³/mol. The summed E-state index contributed by atoms with van der Waals surface area (Å²) in [5.74, 6) is -0.0526.